The molecule has 4 nitrogen and oxygen atoms in total. The van der Waals surface area contributed by atoms with Gasteiger partial charge in [-0.1, -0.05) is 0 Å². The number of ether oxygens (including phenoxy) is 1. The Labute approximate surface area is 144 Å². The van der Waals surface area contributed by atoms with Gasteiger partial charge in [0.15, 0.2) is 0 Å². The summed E-state index contributed by atoms with van der Waals surface area (Å²) in [5, 5.41) is 10.4. The van der Waals surface area contributed by atoms with Crippen LogP contribution in [0.15, 0.2) is 28.4 Å². The van der Waals surface area contributed by atoms with Gasteiger partial charge < -0.3 is 10.1 Å². The first-order valence-corrected chi connectivity index (χ1v) is 9.82. The van der Waals surface area contributed by atoms with Crippen LogP contribution in [0, 0.1) is 5.92 Å². The molecule has 1 atom stereocenters. The molecular weight excluding hydrogens is 328 g/mol. The highest BCUT2D eigenvalue weighted by Gasteiger charge is 2.28. The lowest BCUT2D eigenvalue weighted by atomic mass is 9.86. The van der Waals surface area contributed by atoms with Crippen LogP contribution in [0.25, 0.3) is 0 Å². The van der Waals surface area contributed by atoms with E-state index in [9.17, 15) is 4.79 Å². The van der Waals surface area contributed by atoms with Gasteiger partial charge >= 0.3 is 0 Å². The molecule has 0 aliphatic heterocycles. The van der Waals surface area contributed by atoms with Crippen LogP contribution in [0.5, 0.6) is 0 Å². The summed E-state index contributed by atoms with van der Waals surface area (Å²) in [5.74, 6) is 0.265. The number of thiophene rings is 1. The van der Waals surface area contributed by atoms with Crippen molar-refractivity contribution in [1.82, 2.24) is 10.3 Å². The summed E-state index contributed by atoms with van der Waals surface area (Å²) < 4.78 is 5.39. The van der Waals surface area contributed by atoms with Gasteiger partial charge in [0.1, 0.15) is 5.01 Å². The number of hydrogen-bond donors (Lipinski definition) is 1. The van der Waals surface area contributed by atoms with Gasteiger partial charge in [0.25, 0.3) is 0 Å². The zero-order valence-electron chi connectivity index (χ0n) is 13.2. The van der Waals surface area contributed by atoms with Gasteiger partial charge in [-0.25, -0.2) is 4.98 Å². The molecule has 6 heteroatoms. The van der Waals surface area contributed by atoms with Crippen molar-refractivity contribution in [2.75, 3.05) is 7.11 Å². The first-order chi connectivity index (χ1) is 11.3. The van der Waals surface area contributed by atoms with Crippen LogP contribution in [0.4, 0.5) is 0 Å². The van der Waals surface area contributed by atoms with Gasteiger partial charge in [-0.15, -0.1) is 11.3 Å². The molecule has 1 saturated carbocycles. The average Bonchev–Trinajstić information content (AvgIpc) is 3.27. The van der Waals surface area contributed by atoms with Crippen molar-refractivity contribution in [2.45, 2.75) is 44.2 Å². The lowest BCUT2D eigenvalue weighted by Gasteiger charge is -2.28. The minimum atomic E-state index is -0.0303. The molecule has 0 radical (unpaired) electrons. The summed E-state index contributed by atoms with van der Waals surface area (Å²) in [6.07, 6.45) is 6.69. The third-order valence-corrected chi connectivity index (χ3v) is 6.09. The van der Waals surface area contributed by atoms with Crippen LogP contribution >= 0.6 is 22.7 Å². The largest absolute Gasteiger partial charge is 0.381 e. The van der Waals surface area contributed by atoms with Gasteiger partial charge in [-0.05, 0) is 48.1 Å². The van der Waals surface area contributed by atoms with Crippen LogP contribution in [-0.2, 0) is 16.0 Å². The summed E-state index contributed by atoms with van der Waals surface area (Å²) in [4.78, 5) is 17.1. The smallest absolute Gasteiger partial charge is 0.223 e. The van der Waals surface area contributed by atoms with Gasteiger partial charge in [0, 0.05) is 31.0 Å². The maximum Gasteiger partial charge on any atom is 0.223 e. The number of methoxy groups -OCH3 is 1. The Bertz CT molecular complexity index is 590. The second kappa shape index (κ2) is 8.04. The number of aromatic nitrogens is 1. The molecule has 1 amide bonds. The summed E-state index contributed by atoms with van der Waals surface area (Å²) in [7, 11) is 1.75. The van der Waals surface area contributed by atoms with Gasteiger partial charge in [-0.3, -0.25) is 4.79 Å². The number of hydrogen-bond acceptors (Lipinski definition) is 5. The second-order valence-corrected chi connectivity index (χ2v) is 7.68. The number of nitrogens with zero attached hydrogens (tertiary/aromatic N) is 1. The van der Waals surface area contributed by atoms with Crippen molar-refractivity contribution in [2.24, 2.45) is 5.92 Å². The second-order valence-electron chi connectivity index (χ2n) is 5.98. The molecule has 23 heavy (non-hydrogen) atoms. The van der Waals surface area contributed by atoms with E-state index in [0.29, 0.717) is 6.10 Å². The number of rotatable bonds is 6. The molecule has 1 fully saturated rings. The summed E-state index contributed by atoms with van der Waals surface area (Å²) in [5.41, 5.74) is 1.25. The van der Waals surface area contributed by atoms with Crippen LogP contribution < -0.4 is 5.32 Å². The topological polar surface area (TPSA) is 51.2 Å². The molecule has 1 N–H and O–H groups in total. The highest BCUT2D eigenvalue weighted by Crippen LogP contribution is 2.28. The lowest BCUT2D eigenvalue weighted by molar-refractivity contribution is -0.127. The molecule has 0 unspecified atom stereocenters. The normalized spacial score (nSPS) is 22.7. The quantitative estimate of drug-likeness (QED) is 0.862. The minimum absolute atomic E-state index is 0.0303. The maximum atomic E-state index is 12.7. The molecule has 0 bridgehead atoms. The highest BCUT2D eigenvalue weighted by molar-refractivity contribution is 7.09. The van der Waals surface area contributed by atoms with Crippen LogP contribution in [-0.4, -0.2) is 24.1 Å². The van der Waals surface area contributed by atoms with Crippen molar-refractivity contribution in [3.05, 3.63) is 39.0 Å². The van der Waals surface area contributed by atoms with Crippen molar-refractivity contribution >= 4 is 28.6 Å². The molecule has 2 aromatic rings. The van der Waals surface area contributed by atoms with E-state index in [1.54, 1.807) is 36.0 Å². The zero-order valence-corrected chi connectivity index (χ0v) is 14.9. The molecule has 0 aromatic carbocycles. The van der Waals surface area contributed by atoms with E-state index in [-0.39, 0.29) is 17.9 Å². The molecule has 0 spiro atoms. The van der Waals surface area contributed by atoms with Crippen LogP contribution in [0.1, 0.15) is 42.3 Å². The fourth-order valence-corrected chi connectivity index (χ4v) is 4.47. The Balaban J connectivity index is 1.63. The fraction of sp³-hybridized carbons (Fsp3) is 0.529. The maximum absolute atomic E-state index is 12.7. The minimum Gasteiger partial charge on any atom is -0.381 e. The fourth-order valence-electron chi connectivity index (χ4n) is 3.10. The van der Waals surface area contributed by atoms with Crippen molar-refractivity contribution in [3.63, 3.8) is 0 Å². The van der Waals surface area contributed by atoms with Crippen molar-refractivity contribution < 1.29 is 9.53 Å². The Kier molecular flexibility index (Phi) is 5.80. The predicted octanol–water partition coefficient (Wildman–Crippen LogP) is 3.81. The van der Waals surface area contributed by atoms with E-state index in [1.807, 2.05) is 5.38 Å². The Hall–Kier alpha value is -1.24. The number of amides is 1. The van der Waals surface area contributed by atoms with Crippen molar-refractivity contribution in [3.8, 4) is 0 Å². The molecule has 0 saturated heterocycles. The van der Waals surface area contributed by atoms with Crippen LogP contribution in [0.2, 0.25) is 0 Å². The van der Waals surface area contributed by atoms with E-state index in [1.165, 1.54) is 5.56 Å². The van der Waals surface area contributed by atoms with E-state index >= 15 is 0 Å². The standard InChI is InChI=1S/C17H22N2O2S2/c1-21-14-4-2-13(3-5-14)16(20)19-15(17-18-7-9-23-17)10-12-6-8-22-11-12/h6-9,11,13-15H,2-5,10H2,1H3,(H,19,20)/t13?,14?,15-/m1/s1. The predicted molar refractivity (Wildman–Crippen MR) is 93.8 cm³/mol. The molecule has 124 valence electrons. The van der Waals surface area contributed by atoms with Crippen molar-refractivity contribution in [1.29, 1.82) is 0 Å². The number of carbonyl (C=O) groups is 1. The van der Waals surface area contributed by atoms with E-state index < -0.39 is 0 Å². The molecular formula is C17H22N2O2S2. The van der Waals surface area contributed by atoms with Crippen LogP contribution in [0.3, 0.4) is 0 Å². The number of thiazole rings is 1. The van der Waals surface area contributed by atoms with Gasteiger partial charge in [-0.2, -0.15) is 11.3 Å². The third kappa shape index (κ3) is 4.40. The SMILES string of the molecule is COC1CCC(C(=O)N[C@H](Cc2ccsc2)c2nccs2)CC1. The first-order valence-electron chi connectivity index (χ1n) is 8.00. The molecule has 2 heterocycles. The zero-order chi connectivity index (χ0) is 16.1. The first kappa shape index (κ1) is 16.6. The number of nitrogens with one attached hydrogen (secondary N) is 1. The van der Waals surface area contributed by atoms with Gasteiger partial charge in [0.2, 0.25) is 5.91 Å². The lowest BCUT2D eigenvalue weighted by Crippen LogP contribution is -2.37. The van der Waals surface area contributed by atoms with E-state index in [0.717, 1.165) is 37.1 Å². The highest BCUT2D eigenvalue weighted by atomic mass is 32.1. The monoisotopic (exact) mass is 350 g/mol. The molecule has 3 rings (SSSR count). The molecule has 1 aliphatic rings. The summed E-state index contributed by atoms with van der Waals surface area (Å²) in [6, 6.07) is 2.08. The molecule has 2 aromatic heterocycles. The third-order valence-electron chi connectivity index (χ3n) is 4.46. The summed E-state index contributed by atoms with van der Waals surface area (Å²) >= 11 is 3.29. The average molecular weight is 351 g/mol. The van der Waals surface area contributed by atoms with Gasteiger partial charge in [0.05, 0.1) is 12.1 Å². The Morgan fingerprint density at radius 3 is 2.83 bits per heavy atom. The van der Waals surface area contributed by atoms with E-state index in [4.69, 9.17) is 4.74 Å². The Morgan fingerprint density at radius 2 is 2.22 bits per heavy atom. The number of carbonyl (C=O) groups excluding carboxylic acids is 1. The van der Waals surface area contributed by atoms with E-state index in [2.05, 4.69) is 27.1 Å². The molecule has 1 aliphatic carbocycles. The summed E-state index contributed by atoms with van der Waals surface area (Å²) in [6.45, 7) is 0. The Morgan fingerprint density at radius 1 is 1.39 bits per heavy atom.